The predicted molar refractivity (Wildman–Crippen MR) is 125 cm³/mol. The lowest BCUT2D eigenvalue weighted by Gasteiger charge is -2.13. The molecule has 1 amide bonds. The number of hydrogen-bond donors (Lipinski definition) is 1. The molecule has 4 rings (SSSR count). The Bertz CT molecular complexity index is 1360. The van der Waals surface area contributed by atoms with Crippen molar-refractivity contribution in [3.63, 3.8) is 0 Å². The Morgan fingerprint density at radius 3 is 2.29 bits per heavy atom. The summed E-state index contributed by atoms with van der Waals surface area (Å²) in [6, 6.07) is 14.8. The van der Waals surface area contributed by atoms with Gasteiger partial charge in [-0.25, -0.2) is 9.37 Å². The summed E-state index contributed by atoms with van der Waals surface area (Å²) < 4.78 is 59.2. The summed E-state index contributed by atoms with van der Waals surface area (Å²) in [5, 5.41) is 2.50. The van der Waals surface area contributed by atoms with Gasteiger partial charge in [-0.05, 0) is 70.0 Å². The number of rotatable bonds is 6. The lowest BCUT2D eigenvalue weighted by atomic mass is 10.2. The maximum Gasteiger partial charge on any atom is 0.417 e. The summed E-state index contributed by atoms with van der Waals surface area (Å²) in [6.45, 7) is 0.173. The number of ether oxygens (including phenoxy) is 1. The molecule has 180 valence electrons. The Balaban J connectivity index is 1.45. The number of benzene rings is 2. The second-order valence-electron chi connectivity index (χ2n) is 7.32. The van der Waals surface area contributed by atoms with Crippen molar-refractivity contribution in [3.05, 3.63) is 105 Å². The van der Waals surface area contributed by atoms with Crippen LogP contribution in [0.1, 0.15) is 21.6 Å². The zero-order valence-corrected chi connectivity index (χ0v) is 20.0. The second-order valence-corrected chi connectivity index (χ2v) is 8.65. The van der Waals surface area contributed by atoms with Gasteiger partial charge < -0.3 is 10.1 Å². The van der Waals surface area contributed by atoms with Gasteiger partial charge in [-0.3, -0.25) is 9.36 Å². The van der Waals surface area contributed by atoms with Crippen LogP contribution >= 0.6 is 27.5 Å². The van der Waals surface area contributed by atoms with Crippen molar-refractivity contribution in [2.75, 3.05) is 0 Å². The fourth-order valence-electron chi connectivity index (χ4n) is 3.13. The normalized spacial score (nSPS) is 11.4. The third-order valence-corrected chi connectivity index (χ3v) is 5.53. The molecule has 0 radical (unpaired) electrons. The van der Waals surface area contributed by atoms with E-state index in [4.69, 9.17) is 16.3 Å². The van der Waals surface area contributed by atoms with Gasteiger partial charge in [0.1, 0.15) is 23.0 Å². The summed E-state index contributed by atoms with van der Waals surface area (Å²) in [7, 11) is 0. The molecule has 5 nitrogen and oxygen atoms in total. The second kappa shape index (κ2) is 10.1. The smallest absolute Gasteiger partial charge is 0.417 e. The summed E-state index contributed by atoms with van der Waals surface area (Å²) in [5.41, 5.74) is -0.0923. The van der Waals surface area contributed by atoms with E-state index >= 15 is 0 Å². The van der Waals surface area contributed by atoms with Crippen LogP contribution in [0, 0.1) is 5.82 Å². The highest BCUT2D eigenvalue weighted by molar-refractivity contribution is 9.10. The van der Waals surface area contributed by atoms with Crippen LogP contribution in [-0.4, -0.2) is 15.5 Å². The number of nitrogens with one attached hydrogen (secondary N) is 1. The summed E-state index contributed by atoms with van der Waals surface area (Å²) >= 11 is 9.32. The maximum atomic E-state index is 13.0. The highest BCUT2D eigenvalue weighted by atomic mass is 79.9. The Morgan fingerprint density at radius 1 is 1.06 bits per heavy atom. The molecule has 0 saturated heterocycles. The molecule has 0 aliphatic carbocycles. The number of carbonyl (C=O) groups is 1. The van der Waals surface area contributed by atoms with E-state index in [0.29, 0.717) is 22.2 Å². The van der Waals surface area contributed by atoms with Crippen molar-refractivity contribution in [1.82, 2.24) is 14.9 Å². The van der Waals surface area contributed by atoms with E-state index in [-0.39, 0.29) is 28.9 Å². The highest BCUT2D eigenvalue weighted by Gasteiger charge is 2.32. The molecule has 35 heavy (non-hydrogen) atoms. The summed E-state index contributed by atoms with van der Waals surface area (Å²) in [5.74, 6) is 0.151. The van der Waals surface area contributed by atoms with Crippen LogP contribution < -0.4 is 10.1 Å². The first kappa shape index (κ1) is 24.7. The van der Waals surface area contributed by atoms with Crippen molar-refractivity contribution in [2.45, 2.75) is 12.7 Å². The molecule has 2 heterocycles. The molecule has 1 N–H and O–H groups in total. The first-order chi connectivity index (χ1) is 16.6. The Hall–Kier alpha value is -3.37. The van der Waals surface area contributed by atoms with Crippen molar-refractivity contribution in [3.8, 4) is 17.3 Å². The van der Waals surface area contributed by atoms with Gasteiger partial charge in [0.05, 0.1) is 10.6 Å². The predicted octanol–water partition coefficient (Wildman–Crippen LogP) is 7.17. The van der Waals surface area contributed by atoms with Crippen molar-refractivity contribution >= 4 is 33.4 Å². The van der Waals surface area contributed by atoms with Crippen LogP contribution in [0.15, 0.2) is 77.5 Å². The van der Waals surface area contributed by atoms with Gasteiger partial charge in [-0.2, -0.15) is 13.2 Å². The van der Waals surface area contributed by atoms with Crippen LogP contribution in [0.25, 0.3) is 5.82 Å². The van der Waals surface area contributed by atoms with Gasteiger partial charge in [0, 0.05) is 23.4 Å². The molecule has 2 aromatic carbocycles. The molecular formula is C24H15BrClF4N3O2. The van der Waals surface area contributed by atoms with Gasteiger partial charge >= 0.3 is 6.18 Å². The molecule has 2 aromatic heterocycles. The fraction of sp³-hybridized carbons (Fsp3) is 0.0833. The number of pyridine rings is 1. The zero-order valence-electron chi connectivity index (χ0n) is 17.6. The SMILES string of the molecule is O=C(NCc1ccc(Oc2ccc(F)cc2)cc1)c1cc(Br)cn1-c1ncc(C(F)(F)F)cc1Cl. The molecule has 4 aromatic rings. The number of nitrogens with zero attached hydrogens (tertiary/aromatic N) is 2. The number of halogens is 6. The van der Waals surface area contributed by atoms with Crippen LogP contribution in [0.5, 0.6) is 11.5 Å². The molecule has 11 heteroatoms. The maximum absolute atomic E-state index is 13.0. The van der Waals surface area contributed by atoms with E-state index in [2.05, 4.69) is 26.2 Å². The first-order valence-electron chi connectivity index (χ1n) is 10.0. The van der Waals surface area contributed by atoms with Crippen LogP contribution in [0.2, 0.25) is 5.02 Å². The molecule has 0 bridgehead atoms. The van der Waals surface area contributed by atoms with Crippen LogP contribution in [0.3, 0.4) is 0 Å². The first-order valence-corrected chi connectivity index (χ1v) is 11.2. The minimum Gasteiger partial charge on any atom is -0.457 e. The third-order valence-electron chi connectivity index (χ3n) is 4.82. The molecule has 0 atom stereocenters. The molecule has 0 saturated carbocycles. The van der Waals surface area contributed by atoms with Crippen molar-refractivity contribution < 1.29 is 27.1 Å². The van der Waals surface area contributed by atoms with Crippen molar-refractivity contribution in [2.24, 2.45) is 0 Å². The highest BCUT2D eigenvalue weighted by Crippen LogP contribution is 2.33. The third kappa shape index (κ3) is 6.01. The van der Waals surface area contributed by atoms with Gasteiger partial charge in [0.15, 0.2) is 5.82 Å². The standard InChI is InChI=1S/C24H15BrClF4N3O2/c25-16-10-21(33(13-16)22-20(26)9-15(12-31-22)24(28,29)30)23(34)32-11-14-1-5-18(6-2-14)35-19-7-3-17(27)4-8-19/h1-10,12-13H,11H2,(H,32,34). The van der Waals surface area contributed by atoms with E-state index in [1.807, 2.05) is 0 Å². The molecular weight excluding hydrogens is 554 g/mol. The molecule has 0 aliphatic rings. The zero-order chi connectivity index (χ0) is 25.2. The van der Waals surface area contributed by atoms with Gasteiger partial charge in [0.25, 0.3) is 5.91 Å². The molecule has 0 aliphatic heterocycles. The van der Waals surface area contributed by atoms with E-state index in [9.17, 15) is 22.4 Å². The summed E-state index contributed by atoms with van der Waals surface area (Å²) in [6.07, 6.45) is -2.45. The number of hydrogen-bond acceptors (Lipinski definition) is 3. The van der Waals surface area contributed by atoms with Gasteiger partial charge in [-0.1, -0.05) is 23.7 Å². The fourth-order valence-corrected chi connectivity index (χ4v) is 3.81. The molecule has 0 fully saturated rings. The van der Waals surface area contributed by atoms with E-state index in [1.165, 1.54) is 41.1 Å². The Morgan fingerprint density at radius 2 is 1.69 bits per heavy atom. The monoisotopic (exact) mass is 567 g/mol. The van der Waals surface area contributed by atoms with Crippen molar-refractivity contribution in [1.29, 1.82) is 0 Å². The largest absolute Gasteiger partial charge is 0.457 e. The minimum absolute atomic E-state index is 0.0159. The number of aromatic nitrogens is 2. The van der Waals surface area contributed by atoms with Gasteiger partial charge in [0.2, 0.25) is 0 Å². The quantitative estimate of drug-likeness (QED) is 0.251. The Kier molecular flexibility index (Phi) is 7.13. The number of alkyl halides is 3. The lowest BCUT2D eigenvalue weighted by molar-refractivity contribution is -0.137. The van der Waals surface area contributed by atoms with Crippen LogP contribution in [-0.2, 0) is 12.7 Å². The molecule has 0 spiro atoms. The lowest BCUT2D eigenvalue weighted by Crippen LogP contribution is -2.25. The molecule has 0 unspecified atom stereocenters. The minimum atomic E-state index is -4.59. The van der Waals surface area contributed by atoms with Gasteiger partial charge in [-0.15, -0.1) is 0 Å². The van der Waals surface area contributed by atoms with E-state index in [1.54, 1.807) is 24.3 Å². The summed E-state index contributed by atoms with van der Waals surface area (Å²) in [4.78, 5) is 16.7. The number of amides is 1. The van der Waals surface area contributed by atoms with E-state index in [0.717, 1.165) is 11.6 Å². The van der Waals surface area contributed by atoms with E-state index < -0.39 is 17.6 Å². The average molecular weight is 569 g/mol. The average Bonchev–Trinajstić information content (AvgIpc) is 3.20. The number of carbonyl (C=O) groups excluding carboxylic acids is 1. The van der Waals surface area contributed by atoms with Crippen LogP contribution in [0.4, 0.5) is 17.6 Å². The topological polar surface area (TPSA) is 56.1 Å². The Labute approximate surface area is 210 Å².